The molecular formula is C14H20O2. The molecule has 1 aromatic carbocycles. The molecule has 0 radical (unpaired) electrons. The maximum absolute atomic E-state index is 9.74. The highest BCUT2D eigenvalue weighted by atomic mass is 16.5. The van der Waals surface area contributed by atoms with Gasteiger partial charge in [-0.1, -0.05) is 19.1 Å². The number of benzene rings is 1. The molecule has 1 N–H and O–H groups in total. The lowest BCUT2D eigenvalue weighted by Gasteiger charge is -2.18. The van der Waals surface area contributed by atoms with Gasteiger partial charge in [-0.15, -0.1) is 0 Å². The molecule has 0 heterocycles. The summed E-state index contributed by atoms with van der Waals surface area (Å²) in [5.41, 5.74) is 1.33. The Morgan fingerprint density at radius 1 is 1.25 bits per heavy atom. The molecule has 1 aromatic rings. The molecule has 0 spiro atoms. The van der Waals surface area contributed by atoms with Gasteiger partial charge < -0.3 is 9.84 Å². The fraction of sp³-hybridized carbons (Fsp3) is 0.571. The third-order valence-corrected chi connectivity index (χ3v) is 3.63. The van der Waals surface area contributed by atoms with E-state index in [2.05, 4.69) is 19.1 Å². The number of hydrogen-bond acceptors (Lipinski definition) is 2. The maximum Gasteiger partial charge on any atom is 0.119 e. The standard InChI is InChI=1S/C14H20O2/c1-3-16-12-6-4-11(5-7-12)13-8-9-14(15)10(13)2/h4-7,10,13-15H,3,8-9H2,1-2H3. The molecule has 3 unspecified atom stereocenters. The average Bonchev–Trinajstić information content (AvgIpc) is 2.62. The third kappa shape index (κ3) is 2.22. The van der Waals surface area contributed by atoms with E-state index in [0.29, 0.717) is 18.4 Å². The molecule has 0 amide bonds. The van der Waals surface area contributed by atoms with Crippen LogP contribution in [0.15, 0.2) is 24.3 Å². The second kappa shape index (κ2) is 4.88. The highest BCUT2D eigenvalue weighted by Crippen LogP contribution is 2.39. The van der Waals surface area contributed by atoms with Gasteiger partial charge in [-0.05, 0) is 49.3 Å². The van der Waals surface area contributed by atoms with E-state index in [1.54, 1.807) is 0 Å². The lowest BCUT2D eigenvalue weighted by Crippen LogP contribution is -2.13. The van der Waals surface area contributed by atoms with Crippen molar-refractivity contribution in [3.8, 4) is 5.75 Å². The predicted octanol–water partition coefficient (Wildman–Crippen LogP) is 2.96. The van der Waals surface area contributed by atoms with Crippen molar-refractivity contribution >= 4 is 0 Å². The summed E-state index contributed by atoms with van der Waals surface area (Å²) >= 11 is 0. The third-order valence-electron chi connectivity index (χ3n) is 3.63. The summed E-state index contributed by atoms with van der Waals surface area (Å²) in [4.78, 5) is 0. The van der Waals surface area contributed by atoms with Crippen molar-refractivity contribution in [3.63, 3.8) is 0 Å². The van der Waals surface area contributed by atoms with Crippen LogP contribution in [0.1, 0.15) is 38.2 Å². The average molecular weight is 220 g/mol. The number of aliphatic hydroxyl groups excluding tert-OH is 1. The van der Waals surface area contributed by atoms with Crippen molar-refractivity contribution in [1.82, 2.24) is 0 Å². The molecule has 1 fully saturated rings. The summed E-state index contributed by atoms with van der Waals surface area (Å²) in [5.74, 6) is 1.81. The Labute approximate surface area is 97.3 Å². The Bertz CT molecular complexity index is 331. The van der Waals surface area contributed by atoms with Gasteiger partial charge in [-0.2, -0.15) is 0 Å². The van der Waals surface area contributed by atoms with Crippen LogP contribution in [0.5, 0.6) is 5.75 Å². The zero-order chi connectivity index (χ0) is 11.5. The largest absolute Gasteiger partial charge is 0.494 e. The fourth-order valence-corrected chi connectivity index (χ4v) is 2.59. The molecule has 0 bridgehead atoms. The number of hydrogen-bond donors (Lipinski definition) is 1. The molecule has 2 heteroatoms. The van der Waals surface area contributed by atoms with E-state index >= 15 is 0 Å². The first-order valence-electron chi connectivity index (χ1n) is 6.13. The van der Waals surface area contributed by atoms with Gasteiger partial charge in [-0.3, -0.25) is 0 Å². The highest BCUT2D eigenvalue weighted by molar-refractivity contribution is 5.30. The smallest absolute Gasteiger partial charge is 0.119 e. The number of aliphatic hydroxyl groups is 1. The van der Waals surface area contributed by atoms with Gasteiger partial charge >= 0.3 is 0 Å². The zero-order valence-corrected chi connectivity index (χ0v) is 10.0. The second-order valence-electron chi connectivity index (χ2n) is 4.61. The van der Waals surface area contributed by atoms with Gasteiger partial charge in [0.2, 0.25) is 0 Å². The van der Waals surface area contributed by atoms with Crippen molar-refractivity contribution in [2.45, 2.75) is 38.7 Å². The van der Waals surface area contributed by atoms with Crippen molar-refractivity contribution in [3.05, 3.63) is 29.8 Å². The first-order valence-corrected chi connectivity index (χ1v) is 6.13. The quantitative estimate of drug-likeness (QED) is 0.848. The second-order valence-corrected chi connectivity index (χ2v) is 4.61. The first kappa shape index (κ1) is 11.5. The summed E-state index contributed by atoms with van der Waals surface area (Å²) in [7, 11) is 0. The van der Waals surface area contributed by atoms with Crippen molar-refractivity contribution in [2.24, 2.45) is 5.92 Å². The van der Waals surface area contributed by atoms with E-state index in [-0.39, 0.29) is 6.10 Å². The summed E-state index contributed by atoms with van der Waals surface area (Å²) in [6.07, 6.45) is 1.89. The fourth-order valence-electron chi connectivity index (χ4n) is 2.59. The van der Waals surface area contributed by atoms with Crippen LogP contribution in [0.4, 0.5) is 0 Å². The van der Waals surface area contributed by atoms with Crippen LogP contribution in [0.3, 0.4) is 0 Å². The molecular weight excluding hydrogens is 200 g/mol. The lowest BCUT2D eigenvalue weighted by atomic mass is 9.89. The molecule has 88 valence electrons. The van der Waals surface area contributed by atoms with E-state index in [1.807, 2.05) is 19.1 Å². The van der Waals surface area contributed by atoms with E-state index in [1.165, 1.54) is 5.56 Å². The lowest BCUT2D eigenvalue weighted by molar-refractivity contribution is 0.136. The van der Waals surface area contributed by atoms with Crippen molar-refractivity contribution in [1.29, 1.82) is 0 Å². The van der Waals surface area contributed by atoms with Crippen LogP contribution in [0, 0.1) is 5.92 Å². The molecule has 2 rings (SSSR count). The van der Waals surface area contributed by atoms with Gasteiger partial charge in [0.25, 0.3) is 0 Å². The molecule has 3 atom stereocenters. The van der Waals surface area contributed by atoms with E-state index < -0.39 is 0 Å². The van der Waals surface area contributed by atoms with Crippen LogP contribution in [-0.2, 0) is 0 Å². The molecule has 1 aliphatic carbocycles. The maximum atomic E-state index is 9.74. The topological polar surface area (TPSA) is 29.5 Å². The van der Waals surface area contributed by atoms with Gasteiger partial charge in [0, 0.05) is 0 Å². The molecule has 1 aliphatic rings. The van der Waals surface area contributed by atoms with Gasteiger partial charge in [0.05, 0.1) is 12.7 Å². The van der Waals surface area contributed by atoms with E-state index in [0.717, 1.165) is 18.6 Å². The molecule has 0 aliphatic heterocycles. The zero-order valence-electron chi connectivity index (χ0n) is 10.0. The Morgan fingerprint density at radius 3 is 2.44 bits per heavy atom. The highest BCUT2D eigenvalue weighted by Gasteiger charge is 2.32. The minimum Gasteiger partial charge on any atom is -0.494 e. The Balaban J connectivity index is 2.10. The Hall–Kier alpha value is -1.02. The monoisotopic (exact) mass is 220 g/mol. The normalized spacial score (nSPS) is 29.3. The molecule has 0 aromatic heterocycles. The number of rotatable bonds is 3. The van der Waals surface area contributed by atoms with Gasteiger partial charge in [-0.25, -0.2) is 0 Å². The first-order chi connectivity index (χ1) is 7.72. The molecule has 1 saturated carbocycles. The molecule has 0 saturated heterocycles. The summed E-state index contributed by atoms with van der Waals surface area (Å²) in [5, 5.41) is 9.74. The predicted molar refractivity (Wildman–Crippen MR) is 64.8 cm³/mol. The Morgan fingerprint density at radius 2 is 1.94 bits per heavy atom. The van der Waals surface area contributed by atoms with Crippen molar-refractivity contribution in [2.75, 3.05) is 6.61 Å². The minimum atomic E-state index is -0.128. The van der Waals surface area contributed by atoms with Crippen LogP contribution >= 0.6 is 0 Å². The van der Waals surface area contributed by atoms with Crippen molar-refractivity contribution < 1.29 is 9.84 Å². The van der Waals surface area contributed by atoms with Crippen LogP contribution in [0.2, 0.25) is 0 Å². The Kier molecular flexibility index (Phi) is 3.49. The summed E-state index contributed by atoms with van der Waals surface area (Å²) in [6.45, 7) is 4.83. The molecule has 16 heavy (non-hydrogen) atoms. The van der Waals surface area contributed by atoms with Gasteiger partial charge in [0.15, 0.2) is 0 Å². The van der Waals surface area contributed by atoms with Crippen LogP contribution in [-0.4, -0.2) is 17.8 Å². The SMILES string of the molecule is CCOc1ccc(C2CCC(O)C2C)cc1. The number of ether oxygens (including phenoxy) is 1. The van der Waals surface area contributed by atoms with Gasteiger partial charge in [0.1, 0.15) is 5.75 Å². The minimum absolute atomic E-state index is 0.128. The van der Waals surface area contributed by atoms with E-state index in [9.17, 15) is 5.11 Å². The van der Waals surface area contributed by atoms with E-state index in [4.69, 9.17) is 4.74 Å². The molecule has 2 nitrogen and oxygen atoms in total. The summed E-state index contributed by atoms with van der Waals surface area (Å²) in [6, 6.07) is 8.31. The van der Waals surface area contributed by atoms with Crippen LogP contribution < -0.4 is 4.74 Å². The summed E-state index contributed by atoms with van der Waals surface area (Å²) < 4.78 is 5.42. The van der Waals surface area contributed by atoms with Crippen LogP contribution in [0.25, 0.3) is 0 Å².